The van der Waals surface area contributed by atoms with E-state index in [1.807, 2.05) is 0 Å². The fourth-order valence-corrected chi connectivity index (χ4v) is 2.03. The van der Waals surface area contributed by atoms with Gasteiger partial charge in [-0.15, -0.1) is 0 Å². The van der Waals surface area contributed by atoms with E-state index < -0.39 is 18.0 Å². The molecule has 0 amide bonds. The second-order valence-corrected chi connectivity index (χ2v) is 4.93. The summed E-state index contributed by atoms with van der Waals surface area (Å²) in [5, 5.41) is 27.8. The van der Waals surface area contributed by atoms with Crippen molar-refractivity contribution in [1.29, 1.82) is 0 Å². The number of unbranched alkanes of at least 4 members (excludes halogenated alkanes) is 4. The number of nitrogens with zero attached hydrogens (tertiary/aromatic N) is 1. The van der Waals surface area contributed by atoms with E-state index in [4.69, 9.17) is 10.2 Å². The highest BCUT2D eigenvalue weighted by Crippen LogP contribution is 2.14. The summed E-state index contributed by atoms with van der Waals surface area (Å²) in [7, 11) is 0. The van der Waals surface area contributed by atoms with Crippen LogP contribution in [0.25, 0.3) is 0 Å². The first-order valence-electron chi connectivity index (χ1n) is 7.00. The van der Waals surface area contributed by atoms with Crippen molar-refractivity contribution in [3.05, 3.63) is 10.1 Å². The zero-order valence-corrected chi connectivity index (χ0v) is 11.6. The predicted molar refractivity (Wildman–Crippen MR) is 72.2 cm³/mol. The third-order valence-electron chi connectivity index (χ3n) is 3.15. The van der Waals surface area contributed by atoms with E-state index in [0.29, 0.717) is 25.7 Å². The van der Waals surface area contributed by atoms with Crippen LogP contribution in [0.4, 0.5) is 0 Å². The normalized spacial score (nSPS) is 12.0. The van der Waals surface area contributed by atoms with Crippen molar-refractivity contribution in [2.75, 3.05) is 0 Å². The van der Waals surface area contributed by atoms with Crippen LogP contribution in [0, 0.1) is 10.1 Å². The van der Waals surface area contributed by atoms with E-state index >= 15 is 0 Å². The van der Waals surface area contributed by atoms with Gasteiger partial charge in [-0.3, -0.25) is 19.7 Å². The number of aliphatic carboxylic acids is 2. The van der Waals surface area contributed by atoms with Crippen molar-refractivity contribution in [2.24, 2.45) is 0 Å². The van der Waals surface area contributed by atoms with Crippen molar-refractivity contribution >= 4 is 11.9 Å². The number of carboxylic acid groups (broad SMARTS) is 2. The number of carbonyl (C=O) groups is 2. The first-order chi connectivity index (χ1) is 9.43. The number of nitro groups is 1. The number of rotatable bonds is 13. The van der Waals surface area contributed by atoms with Crippen molar-refractivity contribution in [2.45, 2.75) is 70.3 Å². The zero-order valence-electron chi connectivity index (χ0n) is 11.6. The SMILES string of the molecule is O=C(O)CCCCCCCC(CCCC(=O)O)[N+](=O)[O-]. The molecule has 0 aliphatic rings. The lowest BCUT2D eigenvalue weighted by atomic mass is 10.0. The van der Waals surface area contributed by atoms with E-state index in [1.54, 1.807) is 0 Å². The van der Waals surface area contributed by atoms with Gasteiger partial charge >= 0.3 is 11.9 Å². The minimum atomic E-state index is -0.925. The van der Waals surface area contributed by atoms with Crippen molar-refractivity contribution in [1.82, 2.24) is 0 Å². The monoisotopic (exact) mass is 289 g/mol. The molecule has 20 heavy (non-hydrogen) atoms. The predicted octanol–water partition coefficient (Wildman–Crippen LogP) is 2.70. The highest BCUT2D eigenvalue weighted by Gasteiger charge is 2.19. The molecule has 1 unspecified atom stereocenters. The minimum absolute atomic E-state index is 0.0282. The number of carboxylic acids is 2. The molecule has 7 heteroatoms. The summed E-state index contributed by atoms with van der Waals surface area (Å²) in [5.74, 6) is -1.72. The topological polar surface area (TPSA) is 118 Å². The van der Waals surface area contributed by atoms with Crippen LogP contribution in [0.3, 0.4) is 0 Å². The van der Waals surface area contributed by atoms with Gasteiger partial charge in [-0.25, -0.2) is 0 Å². The van der Waals surface area contributed by atoms with Crippen LogP contribution in [0.1, 0.15) is 64.2 Å². The van der Waals surface area contributed by atoms with Crippen LogP contribution in [0.15, 0.2) is 0 Å². The molecule has 0 aromatic carbocycles. The Morgan fingerprint density at radius 1 is 0.850 bits per heavy atom. The molecule has 0 rings (SSSR count). The highest BCUT2D eigenvalue weighted by atomic mass is 16.6. The third-order valence-corrected chi connectivity index (χ3v) is 3.15. The molecule has 0 bridgehead atoms. The first kappa shape index (κ1) is 18.3. The average Bonchev–Trinajstić information content (AvgIpc) is 2.34. The van der Waals surface area contributed by atoms with Crippen molar-refractivity contribution < 1.29 is 24.7 Å². The summed E-state index contributed by atoms with van der Waals surface area (Å²) in [4.78, 5) is 31.1. The highest BCUT2D eigenvalue weighted by molar-refractivity contribution is 5.66. The molecule has 0 saturated heterocycles. The Kier molecular flexibility index (Phi) is 10.3. The van der Waals surface area contributed by atoms with Crippen LogP contribution < -0.4 is 0 Å². The fraction of sp³-hybridized carbons (Fsp3) is 0.846. The molecule has 0 spiro atoms. The molecule has 1 atom stereocenters. The van der Waals surface area contributed by atoms with Gasteiger partial charge in [0.1, 0.15) is 0 Å². The van der Waals surface area contributed by atoms with Gasteiger partial charge < -0.3 is 10.2 Å². The average molecular weight is 289 g/mol. The Bertz CT molecular complexity index is 318. The van der Waals surface area contributed by atoms with Gasteiger partial charge in [-0.1, -0.05) is 19.3 Å². The molecule has 7 nitrogen and oxygen atoms in total. The van der Waals surface area contributed by atoms with Crippen LogP contribution >= 0.6 is 0 Å². The molecule has 0 fully saturated rings. The van der Waals surface area contributed by atoms with Crippen LogP contribution in [0.5, 0.6) is 0 Å². The first-order valence-corrected chi connectivity index (χ1v) is 7.00. The molecule has 0 saturated carbocycles. The maximum atomic E-state index is 10.8. The molecular formula is C13H23NO6. The van der Waals surface area contributed by atoms with Gasteiger partial charge in [0.05, 0.1) is 0 Å². The summed E-state index contributed by atoms with van der Waals surface area (Å²) in [6.07, 6.45) is 5.18. The van der Waals surface area contributed by atoms with Gasteiger partial charge in [-0.2, -0.15) is 0 Å². The van der Waals surface area contributed by atoms with E-state index in [2.05, 4.69) is 0 Å². The zero-order chi connectivity index (χ0) is 15.4. The van der Waals surface area contributed by atoms with Crippen molar-refractivity contribution in [3.63, 3.8) is 0 Å². The fourth-order valence-electron chi connectivity index (χ4n) is 2.03. The Morgan fingerprint density at radius 2 is 1.30 bits per heavy atom. The lowest BCUT2D eigenvalue weighted by Crippen LogP contribution is -2.19. The molecular weight excluding hydrogens is 266 g/mol. The van der Waals surface area contributed by atoms with Gasteiger partial charge in [0.25, 0.3) is 0 Å². The van der Waals surface area contributed by atoms with E-state index in [1.165, 1.54) is 0 Å². The summed E-state index contributed by atoms with van der Waals surface area (Å²) < 4.78 is 0. The smallest absolute Gasteiger partial charge is 0.303 e. The molecule has 0 aliphatic carbocycles. The minimum Gasteiger partial charge on any atom is -0.481 e. The van der Waals surface area contributed by atoms with Gasteiger partial charge in [-0.05, 0) is 19.3 Å². The van der Waals surface area contributed by atoms with Gasteiger partial charge in [0.15, 0.2) is 0 Å². The Labute approximate surface area is 118 Å². The Balaban J connectivity index is 3.63. The summed E-state index contributed by atoms with van der Waals surface area (Å²) in [5.41, 5.74) is 0. The molecule has 0 aromatic heterocycles. The maximum absolute atomic E-state index is 10.8. The molecule has 0 aliphatic heterocycles. The molecule has 116 valence electrons. The standard InChI is InChI=1S/C13H23NO6/c15-12(16)9-5-3-1-2-4-7-11(14(19)20)8-6-10-13(17)18/h11H,1-10H2,(H,15,16)(H,17,18). The lowest BCUT2D eigenvalue weighted by Gasteiger charge is -2.08. The summed E-state index contributed by atoms with van der Waals surface area (Å²) in [6, 6.07) is -0.659. The Morgan fingerprint density at radius 3 is 1.85 bits per heavy atom. The summed E-state index contributed by atoms with van der Waals surface area (Å²) >= 11 is 0. The van der Waals surface area contributed by atoms with Gasteiger partial charge in [0.2, 0.25) is 6.04 Å². The maximum Gasteiger partial charge on any atom is 0.303 e. The van der Waals surface area contributed by atoms with Crippen LogP contribution in [0.2, 0.25) is 0 Å². The molecule has 0 aromatic rings. The van der Waals surface area contributed by atoms with Crippen molar-refractivity contribution in [3.8, 4) is 0 Å². The molecule has 0 radical (unpaired) electrons. The number of hydrogen-bond acceptors (Lipinski definition) is 4. The molecule has 0 heterocycles. The van der Waals surface area contributed by atoms with Gasteiger partial charge in [0, 0.05) is 30.6 Å². The largest absolute Gasteiger partial charge is 0.481 e. The quantitative estimate of drug-likeness (QED) is 0.306. The lowest BCUT2D eigenvalue weighted by molar-refractivity contribution is -0.524. The second kappa shape index (κ2) is 11.2. The Hall–Kier alpha value is -1.66. The van der Waals surface area contributed by atoms with Crippen LogP contribution in [-0.4, -0.2) is 33.1 Å². The third kappa shape index (κ3) is 11.4. The molecule has 2 N–H and O–H groups in total. The number of hydrogen-bond donors (Lipinski definition) is 2. The van der Waals surface area contributed by atoms with E-state index in [0.717, 1.165) is 25.7 Å². The van der Waals surface area contributed by atoms with E-state index in [9.17, 15) is 19.7 Å². The van der Waals surface area contributed by atoms with E-state index in [-0.39, 0.29) is 17.8 Å². The van der Waals surface area contributed by atoms with Crippen LogP contribution in [-0.2, 0) is 9.59 Å². The second-order valence-electron chi connectivity index (χ2n) is 4.93. The summed E-state index contributed by atoms with van der Waals surface area (Å²) in [6.45, 7) is 0.